The summed E-state index contributed by atoms with van der Waals surface area (Å²) in [5, 5.41) is 11.9. The van der Waals surface area contributed by atoms with E-state index >= 15 is 0 Å². The summed E-state index contributed by atoms with van der Waals surface area (Å²) in [6.45, 7) is 6.16. The molecule has 0 radical (unpaired) electrons. The van der Waals surface area contributed by atoms with Crippen molar-refractivity contribution in [1.82, 2.24) is 9.88 Å². The van der Waals surface area contributed by atoms with Gasteiger partial charge in [-0.2, -0.15) is 0 Å². The lowest BCUT2D eigenvalue weighted by Crippen LogP contribution is -2.40. The zero-order valence-electron chi connectivity index (χ0n) is 12.9. The standard InChI is InChI=1S/C15H25N3O2S/c1-3-18(12(2)20)15-16-13(11-21-15)10-17(8-5-9-19)14-6-4-7-14/h11,14,19H,3-10H2,1-2H3. The van der Waals surface area contributed by atoms with Crippen LogP contribution in [0.1, 0.15) is 45.2 Å². The van der Waals surface area contributed by atoms with E-state index in [9.17, 15) is 4.79 Å². The number of carbonyl (C=O) groups is 1. The predicted octanol–water partition coefficient (Wildman–Crippen LogP) is 2.25. The van der Waals surface area contributed by atoms with E-state index in [0.29, 0.717) is 12.6 Å². The van der Waals surface area contributed by atoms with Crippen LogP contribution in [0.5, 0.6) is 0 Å². The Morgan fingerprint density at radius 3 is 2.81 bits per heavy atom. The van der Waals surface area contributed by atoms with Crippen LogP contribution in [-0.2, 0) is 11.3 Å². The van der Waals surface area contributed by atoms with E-state index in [0.717, 1.165) is 30.3 Å². The first-order valence-corrected chi connectivity index (χ1v) is 8.61. The molecule has 1 amide bonds. The topological polar surface area (TPSA) is 56.7 Å². The molecule has 0 atom stereocenters. The molecule has 1 fully saturated rings. The van der Waals surface area contributed by atoms with E-state index < -0.39 is 0 Å². The average molecular weight is 311 g/mol. The van der Waals surface area contributed by atoms with Crippen LogP contribution < -0.4 is 4.90 Å². The van der Waals surface area contributed by atoms with Gasteiger partial charge in [-0.05, 0) is 26.2 Å². The second-order valence-electron chi connectivity index (χ2n) is 5.52. The largest absolute Gasteiger partial charge is 0.396 e. The van der Waals surface area contributed by atoms with Crippen molar-refractivity contribution in [1.29, 1.82) is 0 Å². The fraction of sp³-hybridized carbons (Fsp3) is 0.733. The highest BCUT2D eigenvalue weighted by atomic mass is 32.1. The van der Waals surface area contributed by atoms with E-state index in [-0.39, 0.29) is 12.5 Å². The molecule has 1 aromatic heterocycles. The number of hydrogen-bond acceptors (Lipinski definition) is 5. The van der Waals surface area contributed by atoms with Crippen LogP contribution in [-0.4, -0.2) is 46.6 Å². The van der Waals surface area contributed by atoms with E-state index in [1.54, 1.807) is 11.8 Å². The van der Waals surface area contributed by atoms with E-state index in [1.165, 1.54) is 30.6 Å². The van der Waals surface area contributed by atoms with Crippen molar-refractivity contribution in [2.45, 2.75) is 52.1 Å². The number of hydrogen-bond donors (Lipinski definition) is 1. The summed E-state index contributed by atoms with van der Waals surface area (Å²) in [5.41, 5.74) is 1.03. The Morgan fingerprint density at radius 2 is 2.29 bits per heavy atom. The van der Waals surface area contributed by atoms with Crippen LogP contribution in [0.15, 0.2) is 5.38 Å². The Balaban J connectivity index is 2.00. The molecule has 1 aromatic rings. The van der Waals surface area contributed by atoms with Gasteiger partial charge in [0, 0.05) is 44.6 Å². The minimum absolute atomic E-state index is 0.0366. The monoisotopic (exact) mass is 311 g/mol. The molecule has 1 saturated carbocycles. The zero-order chi connectivity index (χ0) is 15.2. The predicted molar refractivity (Wildman–Crippen MR) is 85.6 cm³/mol. The van der Waals surface area contributed by atoms with Crippen LogP contribution >= 0.6 is 11.3 Å². The van der Waals surface area contributed by atoms with Gasteiger partial charge in [-0.25, -0.2) is 4.98 Å². The van der Waals surface area contributed by atoms with Crippen molar-refractivity contribution < 1.29 is 9.90 Å². The summed E-state index contributed by atoms with van der Waals surface area (Å²) in [7, 11) is 0. The summed E-state index contributed by atoms with van der Waals surface area (Å²) in [6, 6.07) is 0.636. The SMILES string of the molecule is CCN(C(C)=O)c1nc(CN(CCCO)C2CCC2)cs1. The first kappa shape index (κ1) is 16.4. The van der Waals surface area contributed by atoms with Gasteiger partial charge in [0.25, 0.3) is 0 Å². The number of rotatable bonds is 8. The Bertz CT molecular complexity index is 460. The van der Waals surface area contributed by atoms with Gasteiger partial charge in [0.2, 0.25) is 5.91 Å². The zero-order valence-corrected chi connectivity index (χ0v) is 13.7. The van der Waals surface area contributed by atoms with Gasteiger partial charge in [0.05, 0.1) is 5.69 Å². The maximum atomic E-state index is 11.6. The number of nitrogens with zero attached hydrogens (tertiary/aromatic N) is 3. The molecule has 0 saturated heterocycles. The maximum absolute atomic E-state index is 11.6. The smallest absolute Gasteiger partial charge is 0.225 e. The molecule has 1 aliphatic carbocycles. The summed E-state index contributed by atoms with van der Waals surface area (Å²) in [4.78, 5) is 20.3. The molecule has 0 bridgehead atoms. The molecule has 1 heterocycles. The molecule has 0 spiro atoms. The summed E-state index contributed by atoms with van der Waals surface area (Å²) in [5.74, 6) is 0.0366. The Kier molecular flexibility index (Phi) is 6.14. The number of amides is 1. The highest BCUT2D eigenvalue weighted by Crippen LogP contribution is 2.28. The van der Waals surface area contributed by atoms with Crippen LogP contribution in [0.2, 0.25) is 0 Å². The van der Waals surface area contributed by atoms with Crippen LogP contribution in [0.4, 0.5) is 5.13 Å². The molecule has 0 aromatic carbocycles. The molecule has 0 unspecified atom stereocenters. The van der Waals surface area contributed by atoms with E-state index in [2.05, 4.69) is 9.88 Å². The number of thiazole rings is 1. The van der Waals surface area contributed by atoms with Gasteiger partial charge in [-0.15, -0.1) is 11.3 Å². The first-order chi connectivity index (χ1) is 10.2. The highest BCUT2D eigenvalue weighted by molar-refractivity contribution is 7.14. The lowest BCUT2D eigenvalue weighted by Gasteiger charge is -2.37. The second kappa shape index (κ2) is 7.87. The maximum Gasteiger partial charge on any atom is 0.225 e. The van der Waals surface area contributed by atoms with Crippen molar-refractivity contribution in [3.63, 3.8) is 0 Å². The highest BCUT2D eigenvalue weighted by Gasteiger charge is 2.25. The molecule has 21 heavy (non-hydrogen) atoms. The summed E-state index contributed by atoms with van der Waals surface area (Å²) in [6.07, 6.45) is 4.60. The third kappa shape index (κ3) is 4.25. The minimum atomic E-state index is 0.0366. The number of aliphatic hydroxyl groups is 1. The van der Waals surface area contributed by atoms with Gasteiger partial charge in [0.1, 0.15) is 0 Å². The molecule has 0 aliphatic heterocycles. The van der Waals surface area contributed by atoms with Crippen LogP contribution in [0, 0.1) is 0 Å². The van der Waals surface area contributed by atoms with Gasteiger partial charge in [-0.3, -0.25) is 14.6 Å². The Morgan fingerprint density at radius 1 is 1.52 bits per heavy atom. The molecule has 5 nitrogen and oxygen atoms in total. The quantitative estimate of drug-likeness (QED) is 0.800. The normalized spacial score (nSPS) is 15.2. The number of anilines is 1. The van der Waals surface area contributed by atoms with Gasteiger partial charge < -0.3 is 5.11 Å². The van der Waals surface area contributed by atoms with Crippen LogP contribution in [0.25, 0.3) is 0 Å². The lowest BCUT2D eigenvalue weighted by atomic mass is 9.91. The van der Waals surface area contributed by atoms with E-state index in [1.807, 2.05) is 12.3 Å². The number of carbonyl (C=O) groups excluding carboxylic acids is 1. The molecular weight excluding hydrogens is 286 g/mol. The average Bonchev–Trinajstić information content (AvgIpc) is 2.82. The van der Waals surface area contributed by atoms with Gasteiger partial charge in [-0.1, -0.05) is 6.42 Å². The summed E-state index contributed by atoms with van der Waals surface area (Å²) >= 11 is 1.53. The van der Waals surface area contributed by atoms with Crippen LogP contribution in [0.3, 0.4) is 0 Å². The third-order valence-electron chi connectivity index (χ3n) is 4.03. The second-order valence-corrected chi connectivity index (χ2v) is 6.35. The van der Waals surface area contributed by atoms with Crippen molar-refractivity contribution in [3.8, 4) is 0 Å². The number of aromatic nitrogens is 1. The third-order valence-corrected chi connectivity index (χ3v) is 4.94. The van der Waals surface area contributed by atoms with Crippen molar-refractivity contribution in [2.75, 3.05) is 24.6 Å². The van der Waals surface area contributed by atoms with Crippen molar-refractivity contribution in [2.24, 2.45) is 0 Å². The Labute approximate surface area is 130 Å². The van der Waals surface area contributed by atoms with E-state index in [4.69, 9.17) is 5.11 Å². The minimum Gasteiger partial charge on any atom is -0.396 e. The first-order valence-electron chi connectivity index (χ1n) is 7.73. The molecule has 6 heteroatoms. The number of aliphatic hydroxyl groups excluding tert-OH is 1. The Hall–Kier alpha value is -0.980. The molecular formula is C15H25N3O2S. The molecule has 1 N–H and O–H groups in total. The van der Waals surface area contributed by atoms with Crippen molar-refractivity contribution >= 4 is 22.4 Å². The molecule has 2 rings (SSSR count). The fourth-order valence-corrected chi connectivity index (χ4v) is 3.53. The van der Waals surface area contributed by atoms with Gasteiger partial charge >= 0.3 is 0 Å². The fourth-order valence-electron chi connectivity index (χ4n) is 2.61. The molecule has 1 aliphatic rings. The van der Waals surface area contributed by atoms with Crippen molar-refractivity contribution in [3.05, 3.63) is 11.1 Å². The lowest BCUT2D eigenvalue weighted by molar-refractivity contribution is -0.116. The summed E-state index contributed by atoms with van der Waals surface area (Å²) < 4.78 is 0. The molecule has 118 valence electrons. The van der Waals surface area contributed by atoms with Gasteiger partial charge in [0.15, 0.2) is 5.13 Å².